The number of carbonyl (C=O) groups is 3. The van der Waals surface area contributed by atoms with Crippen molar-refractivity contribution in [2.75, 3.05) is 5.75 Å². The van der Waals surface area contributed by atoms with Crippen LogP contribution in [0.3, 0.4) is 0 Å². The van der Waals surface area contributed by atoms with Crippen molar-refractivity contribution in [2.24, 2.45) is 0 Å². The molecule has 2 aliphatic rings. The lowest BCUT2D eigenvalue weighted by atomic mass is 10.2. The van der Waals surface area contributed by atoms with E-state index in [1.54, 1.807) is 19.1 Å². The highest BCUT2D eigenvalue weighted by atomic mass is 32.2. The molecule has 7 nitrogen and oxygen atoms in total. The highest BCUT2D eigenvalue weighted by molar-refractivity contribution is 7.99. The van der Waals surface area contributed by atoms with Crippen LogP contribution in [0.1, 0.15) is 50.7 Å². The average molecular weight is 380 g/mol. The molecule has 1 aliphatic carbocycles. The van der Waals surface area contributed by atoms with Crippen molar-refractivity contribution in [3.8, 4) is 0 Å². The highest BCUT2D eigenvalue weighted by Gasteiger charge is 2.43. The zero-order valence-corrected chi connectivity index (χ0v) is 15.8. The minimum Gasteiger partial charge on any atom is -0.466 e. The summed E-state index contributed by atoms with van der Waals surface area (Å²) in [4.78, 5) is 38.4. The molecule has 142 valence electrons. The number of nitrogens with one attached hydrogen (secondary N) is 1. The van der Waals surface area contributed by atoms with E-state index in [0.29, 0.717) is 11.5 Å². The number of furan rings is 1. The monoisotopic (exact) mass is 380 g/mol. The Labute approximate surface area is 156 Å². The van der Waals surface area contributed by atoms with Crippen LogP contribution in [-0.4, -0.2) is 46.6 Å². The molecule has 3 atom stereocenters. The molecule has 26 heavy (non-hydrogen) atoms. The van der Waals surface area contributed by atoms with E-state index in [0.717, 1.165) is 25.7 Å². The van der Waals surface area contributed by atoms with Gasteiger partial charge in [0.05, 0.1) is 6.26 Å². The number of hydrogen-bond acceptors (Lipinski definition) is 6. The molecule has 1 aromatic heterocycles. The summed E-state index contributed by atoms with van der Waals surface area (Å²) < 4.78 is 10.8. The zero-order chi connectivity index (χ0) is 18.7. The lowest BCUT2D eigenvalue weighted by Crippen LogP contribution is -2.46. The van der Waals surface area contributed by atoms with Crippen LogP contribution in [0, 0.1) is 0 Å². The van der Waals surface area contributed by atoms with Crippen molar-refractivity contribution in [1.82, 2.24) is 10.2 Å². The van der Waals surface area contributed by atoms with Gasteiger partial charge in [0.25, 0.3) is 5.91 Å². The van der Waals surface area contributed by atoms with Gasteiger partial charge in [0, 0.05) is 18.7 Å². The van der Waals surface area contributed by atoms with Crippen LogP contribution in [0.15, 0.2) is 22.8 Å². The van der Waals surface area contributed by atoms with Gasteiger partial charge in [-0.15, -0.1) is 11.8 Å². The molecule has 1 N–H and O–H groups in total. The van der Waals surface area contributed by atoms with Crippen molar-refractivity contribution >= 4 is 29.5 Å². The number of carbonyl (C=O) groups excluding carboxylic acids is 3. The Morgan fingerprint density at radius 3 is 2.69 bits per heavy atom. The fourth-order valence-electron chi connectivity index (χ4n) is 3.42. The van der Waals surface area contributed by atoms with Crippen LogP contribution in [0.2, 0.25) is 0 Å². The van der Waals surface area contributed by atoms with E-state index in [2.05, 4.69) is 5.32 Å². The fraction of sp³-hybridized carbons (Fsp3) is 0.611. The minimum atomic E-state index is -0.885. The molecule has 8 heteroatoms. The Morgan fingerprint density at radius 1 is 1.35 bits per heavy atom. The van der Waals surface area contributed by atoms with Crippen LogP contribution in [0.4, 0.5) is 0 Å². The molecule has 2 fully saturated rings. The topological polar surface area (TPSA) is 88.8 Å². The largest absolute Gasteiger partial charge is 0.466 e. The van der Waals surface area contributed by atoms with Crippen LogP contribution >= 0.6 is 11.8 Å². The third-order valence-corrected chi connectivity index (χ3v) is 6.07. The molecule has 0 unspecified atom stereocenters. The first-order valence-electron chi connectivity index (χ1n) is 8.92. The maximum absolute atomic E-state index is 12.6. The predicted octanol–water partition coefficient (Wildman–Crippen LogP) is 2.23. The highest BCUT2D eigenvalue weighted by Crippen LogP contribution is 2.41. The molecular weight excluding hydrogens is 356 g/mol. The number of hydrogen-bond donors (Lipinski definition) is 1. The van der Waals surface area contributed by atoms with Gasteiger partial charge in [-0.25, -0.2) is 4.79 Å². The summed E-state index contributed by atoms with van der Waals surface area (Å²) in [5.41, 5.74) is 0. The van der Waals surface area contributed by atoms with E-state index in [4.69, 9.17) is 9.15 Å². The second-order valence-electron chi connectivity index (χ2n) is 6.71. The smallest absolute Gasteiger partial charge is 0.330 e. The maximum Gasteiger partial charge on any atom is 0.330 e. The van der Waals surface area contributed by atoms with Crippen LogP contribution in [0.25, 0.3) is 0 Å². The summed E-state index contributed by atoms with van der Waals surface area (Å²) in [6.07, 6.45) is 4.81. The first-order chi connectivity index (χ1) is 12.5. The summed E-state index contributed by atoms with van der Waals surface area (Å²) in [5, 5.41) is 2.56. The predicted molar refractivity (Wildman–Crippen MR) is 96.2 cm³/mol. The summed E-state index contributed by atoms with van der Waals surface area (Å²) >= 11 is 1.44. The Morgan fingerprint density at radius 2 is 2.08 bits per heavy atom. The second kappa shape index (κ2) is 8.16. The molecule has 1 aliphatic heterocycles. The lowest BCUT2D eigenvalue weighted by molar-refractivity contribution is -0.161. The third kappa shape index (κ3) is 4.06. The number of amides is 2. The molecule has 1 saturated carbocycles. The van der Waals surface area contributed by atoms with Crippen molar-refractivity contribution in [1.29, 1.82) is 0 Å². The van der Waals surface area contributed by atoms with Crippen LogP contribution in [-0.2, 0) is 19.1 Å². The van der Waals surface area contributed by atoms with Gasteiger partial charge in [-0.2, -0.15) is 0 Å². The Hall–Kier alpha value is -1.96. The summed E-state index contributed by atoms with van der Waals surface area (Å²) in [6.45, 7) is 2.98. The molecule has 0 radical (unpaired) electrons. The molecule has 0 bridgehead atoms. The van der Waals surface area contributed by atoms with Crippen LogP contribution in [0.5, 0.6) is 0 Å². The van der Waals surface area contributed by atoms with Crippen molar-refractivity contribution in [3.05, 3.63) is 24.2 Å². The minimum absolute atomic E-state index is 0.169. The van der Waals surface area contributed by atoms with Crippen molar-refractivity contribution in [3.63, 3.8) is 0 Å². The van der Waals surface area contributed by atoms with E-state index in [-0.39, 0.29) is 23.2 Å². The Balaban J connectivity index is 1.61. The summed E-state index contributed by atoms with van der Waals surface area (Å²) in [6, 6.07) is 2.96. The molecule has 3 rings (SSSR count). The molecule has 1 saturated heterocycles. The molecule has 1 aromatic rings. The van der Waals surface area contributed by atoms with Gasteiger partial charge in [0.15, 0.2) is 6.10 Å². The van der Waals surface area contributed by atoms with Gasteiger partial charge < -0.3 is 19.4 Å². The van der Waals surface area contributed by atoms with Gasteiger partial charge in [-0.05, 0) is 31.9 Å². The summed E-state index contributed by atoms with van der Waals surface area (Å²) in [5.74, 6) is -0.0570. The van der Waals surface area contributed by atoms with E-state index in [9.17, 15) is 14.4 Å². The third-order valence-electron chi connectivity index (χ3n) is 4.79. The standard InChI is InChI=1S/C18H24N2O5S/c1-11(16(22)19-13-6-3-4-7-13)25-18(23)14-10-26-17(20(14)12(2)21)15-8-5-9-24-15/h5,8-9,11,13-14,17H,3-4,6-7,10H2,1-2H3,(H,19,22)/t11-,14-,17-/m1/s1. The molecule has 0 aromatic carbocycles. The van der Waals surface area contributed by atoms with E-state index in [1.165, 1.54) is 29.8 Å². The molecule has 2 heterocycles. The van der Waals surface area contributed by atoms with Gasteiger partial charge >= 0.3 is 5.97 Å². The number of thioether (sulfide) groups is 1. The summed E-state index contributed by atoms with van der Waals surface area (Å²) in [7, 11) is 0. The van der Waals surface area contributed by atoms with Crippen molar-refractivity contribution in [2.45, 2.75) is 63.1 Å². The number of ether oxygens (including phenoxy) is 1. The quantitative estimate of drug-likeness (QED) is 0.788. The second-order valence-corrected chi connectivity index (χ2v) is 7.83. The number of esters is 1. The Kier molecular flexibility index (Phi) is 5.90. The lowest BCUT2D eigenvalue weighted by Gasteiger charge is -2.27. The maximum atomic E-state index is 12.6. The van der Waals surface area contributed by atoms with E-state index in [1.807, 2.05) is 0 Å². The first-order valence-corrected chi connectivity index (χ1v) is 9.97. The fourth-order valence-corrected chi connectivity index (χ4v) is 4.83. The number of nitrogens with zero attached hydrogens (tertiary/aromatic N) is 1. The molecule has 2 amide bonds. The van der Waals surface area contributed by atoms with E-state index >= 15 is 0 Å². The first kappa shape index (κ1) is 18.8. The van der Waals surface area contributed by atoms with Crippen LogP contribution < -0.4 is 5.32 Å². The van der Waals surface area contributed by atoms with Gasteiger partial charge in [-0.1, -0.05) is 12.8 Å². The zero-order valence-electron chi connectivity index (χ0n) is 15.0. The van der Waals surface area contributed by atoms with E-state index < -0.39 is 18.1 Å². The number of rotatable bonds is 5. The molecular formula is C18H24N2O5S. The SMILES string of the molecule is CC(=O)N1[C@@H](C(=O)O[C@H](C)C(=O)NC2CCCC2)CS[C@@H]1c1ccco1. The Bertz CT molecular complexity index is 657. The van der Waals surface area contributed by atoms with Gasteiger partial charge in [0.2, 0.25) is 5.91 Å². The normalized spacial score (nSPS) is 24.5. The van der Waals surface area contributed by atoms with Gasteiger partial charge in [0.1, 0.15) is 17.2 Å². The average Bonchev–Trinajstić information content (AvgIpc) is 3.34. The van der Waals surface area contributed by atoms with Gasteiger partial charge in [-0.3, -0.25) is 9.59 Å². The molecule has 0 spiro atoms. The van der Waals surface area contributed by atoms with Crippen molar-refractivity contribution < 1.29 is 23.5 Å².